The topological polar surface area (TPSA) is 64.0 Å². The van der Waals surface area contributed by atoms with Gasteiger partial charge in [0.2, 0.25) is 0 Å². The Morgan fingerprint density at radius 3 is 2.53 bits per heavy atom. The van der Waals surface area contributed by atoms with Gasteiger partial charge < -0.3 is 9.64 Å². The molecule has 0 atom stereocenters. The van der Waals surface area contributed by atoms with E-state index in [0.717, 1.165) is 40.4 Å². The quantitative estimate of drug-likeness (QED) is 0.466. The molecule has 0 aliphatic rings. The minimum absolute atomic E-state index is 0.592. The van der Waals surface area contributed by atoms with Gasteiger partial charge in [0, 0.05) is 42.5 Å². The Labute approximate surface area is 176 Å². The van der Waals surface area contributed by atoms with Crippen molar-refractivity contribution in [1.82, 2.24) is 24.8 Å². The van der Waals surface area contributed by atoms with Crippen LogP contribution in [0.25, 0.3) is 33.9 Å². The van der Waals surface area contributed by atoms with Crippen LogP contribution >= 0.6 is 0 Å². The number of hydrogen-bond acceptors (Lipinski definition) is 6. The fraction of sp³-hybridized carbons (Fsp3) is 0.167. The van der Waals surface area contributed by atoms with Crippen LogP contribution in [-0.4, -0.2) is 52.1 Å². The average Bonchev–Trinajstić information content (AvgIpc) is 2.80. The number of likely N-dealkylation sites (N-methyl/N-ethyl adjacent to an activating group) is 1. The van der Waals surface area contributed by atoms with E-state index < -0.39 is 0 Å². The third-order valence-corrected chi connectivity index (χ3v) is 4.56. The predicted molar refractivity (Wildman–Crippen MR) is 118 cm³/mol. The highest BCUT2D eigenvalue weighted by Gasteiger charge is 2.08. The third kappa shape index (κ3) is 4.85. The van der Waals surface area contributed by atoms with Gasteiger partial charge in [-0.3, -0.25) is 9.97 Å². The Morgan fingerprint density at radius 2 is 1.70 bits per heavy atom. The Hall–Kier alpha value is -3.64. The molecule has 4 rings (SSSR count). The molecule has 6 nitrogen and oxygen atoms in total. The van der Waals surface area contributed by atoms with Crippen LogP contribution in [0.3, 0.4) is 0 Å². The van der Waals surface area contributed by atoms with E-state index >= 15 is 0 Å². The van der Waals surface area contributed by atoms with Crippen molar-refractivity contribution in [1.29, 1.82) is 0 Å². The predicted octanol–water partition coefficient (Wildman–Crippen LogP) is 4.21. The fourth-order valence-electron chi connectivity index (χ4n) is 2.99. The van der Waals surface area contributed by atoms with Gasteiger partial charge in [-0.05, 0) is 56.1 Å². The van der Waals surface area contributed by atoms with Gasteiger partial charge in [0.05, 0.1) is 5.69 Å². The minimum atomic E-state index is 0.592. The molecule has 0 aliphatic carbocycles. The molecule has 0 saturated carbocycles. The molecule has 0 unspecified atom stereocenters. The van der Waals surface area contributed by atoms with Crippen molar-refractivity contribution in [2.75, 3.05) is 27.2 Å². The van der Waals surface area contributed by atoms with Crippen molar-refractivity contribution >= 4 is 0 Å². The molecule has 0 radical (unpaired) electrons. The van der Waals surface area contributed by atoms with E-state index in [4.69, 9.17) is 4.74 Å². The van der Waals surface area contributed by atoms with Crippen LogP contribution in [0.15, 0.2) is 79.4 Å². The first-order valence-corrected chi connectivity index (χ1v) is 9.77. The highest BCUT2D eigenvalue weighted by Crippen LogP contribution is 2.27. The second kappa shape index (κ2) is 9.24. The van der Waals surface area contributed by atoms with Crippen molar-refractivity contribution in [2.45, 2.75) is 0 Å². The smallest absolute Gasteiger partial charge is 0.178 e. The Balaban J connectivity index is 1.59. The van der Waals surface area contributed by atoms with Crippen LogP contribution < -0.4 is 4.74 Å². The van der Waals surface area contributed by atoms with Gasteiger partial charge in [0.25, 0.3) is 0 Å². The zero-order chi connectivity index (χ0) is 20.8. The molecule has 0 N–H and O–H groups in total. The van der Waals surface area contributed by atoms with E-state index in [1.807, 2.05) is 69.0 Å². The van der Waals surface area contributed by atoms with Crippen LogP contribution in [0.1, 0.15) is 0 Å². The van der Waals surface area contributed by atoms with Crippen LogP contribution in [0.2, 0.25) is 0 Å². The number of hydrogen-bond donors (Lipinski definition) is 0. The summed E-state index contributed by atoms with van der Waals surface area (Å²) < 4.78 is 5.87. The molecule has 30 heavy (non-hydrogen) atoms. The van der Waals surface area contributed by atoms with Gasteiger partial charge in [-0.2, -0.15) is 0 Å². The van der Waals surface area contributed by atoms with Crippen LogP contribution in [-0.2, 0) is 0 Å². The molecule has 1 aromatic carbocycles. The molecule has 150 valence electrons. The first-order valence-electron chi connectivity index (χ1n) is 9.77. The molecule has 3 aromatic heterocycles. The summed E-state index contributed by atoms with van der Waals surface area (Å²) in [7, 11) is 4.06. The lowest BCUT2D eigenvalue weighted by atomic mass is 10.0. The Bertz CT molecular complexity index is 1120. The summed E-state index contributed by atoms with van der Waals surface area (Å²) in [6.07, 6.45) is 7.15. The normalized spacial score (nSPS) is 10.9. The first kappa shape index (κ1) is 19.7. The average molecular weight is 397 g/mol. The van der Waals surface area contributed by atoms with Gasteiger partial charge in [-0.15, -0.1) is 0 Å². The molecule has 0 amide bonds. The van der Waals surface area contributed by atoms with Gasteiger partial charge in [0.15, 0.2) is 5.82 Å². The zero-order valence-corrected chi connectivity index (χ0v) is 17.1. The molecule has 0 spiro atoms. The standard InChI is InChI=1S/C24H23N5O/c1-29(2)12-13-30-21-7-5-6-18(15-21)19-14-20(17-25-16-19)22-9-11-27-24(28-22)23-8-3-4-10-26-23/h3-11,14-17H,12-13H2,1-2H3. The second-order valence-corrected chi connectivity index (χ2v) is 7.12. The second-order valence-electron chi connectivity index (χ2n) is 7.12. The van der Waals surface area contributed by atoms with E-state index in [-0.39, 0.29) is 0 Å². The highest BCUT2D eigenvalue weighted by molar-refractivity contribution is 5.71. The lowest BCUT2D eigenvalue weighted by molar-refractivity contribution is 0.261. The summed E-state index contributed by atoms with van der Waals surface area (Å²) in [5.74, 6) is 1.44. The van der Waals surface area contributed by atoms with Crippen LogP contribution in [0, 0.1) is 0 Å². The third-order valence-electron chi connectivity index (χ3n) is 4.56. The molecular weight excluding hydrogens is 374 g/mol. The molecule has 3 heterocycles. The largest absolute Gasteiger partial charge is 0.492 e. The molecule has 0 aliphatic heterocycles. The lowest BCUT2D eigenvalue weighted by Crippen LogP contribution is -2.19. The van der Waals surface area contributed by atoms with Gasteiger partial charge >= 0.3 is 0 Å². The van der Waals surface area contributed by atoms with Crippen molar-refractivity contribution in [3.05, 3.63) is 79.4 Å². The molecule has 0 fully saturated rings. The molecule has 4 aromatic rings. The lowest BCUT2D eigenvalue weighted by Gasteiger charge is -2.12. The summed E-state index contributed by atoms with van der Waals surface area (Å²) in [6, 6.07) is 17.7. The van der Waals surface area contributed by atoms with Crippen molar-refractivity contribution in [2.24, 2.45) is 0 Å². The minimum Gasteiger partial charge on any atom is -0.492 e. The Kier molecular flexibility index (Phi) is 6.06. The summed E-state index contributed by atoms with van der Waals surface area (Å²) >= 11 is 0. The van der Waals surface area contributed by atoms with Crippen molar-refractivity contribution in [3.8, 4) is 39.7 Å². The van der Waals surface area contributed by atoms with E-state index in [9.17, 15) is 0 Å². The highest BCUT2D eigenvalue weighted by atomic mass is 16.5. The zero-order valence-electron chi connectivity index (χ0n) is 17.1. The summed E-state index contributed by atoms with van der Waals surface area (Å²) in [5, 5.41) is 0. The van der Waals surface area contributed by atoms with Crippen LogP contribution in [0.4, 0.5) is 0 Å². The maximum Gasteiger partial charge on any atom is 0.178 e. The SMILES string of the molecule is CN(C)CCOc1cccc(-c2cncc(-c3ccnc(-c4ccccn4)n3)c2)c1. The molecule has 6 heteroatoms. The molecule has 0 saturated heterocycles. The summed E-state index contributed by atoms with van der Waals surface area (Å²) in [4.78, 5) is 19.9. The monoisotopic (exact) mass is 397 g/mol. The van der Waals surface area contributed by atoms with E-state index in [1.54, 1.807) is 12.4 Å². The maximum absolute atomic E-state index is 5.87. The molecule has 0 bridgehead atoms. The number of rotatable bonds is 7. The van der Waals surface area contributed by atoms with Gasteiger partial charge in [-0.1, -0.05) is 18.2 Å². The summed E-state index contributed by atoms with van der Waals surface area (Å²) in [5.41, 5.74) is 4.52. The van der Waals surface area contributed by atoms with Gasteiger partial charge in [0.1, 0.15) is 18.1 Å². The van der Waals surface area contributed by atoms with Crippen molar-refractivity contribution < 1.29 is 4.74 Å². The Morgan fingerprint density at radius 1 is 0.800 bits per heavy atom. The van der Waals surface area contributed by atoms with E-state index in [2.05, 4.69) is 37.0 Å². The van der Waals surface area contributed by atoms with Crippen LogP contribution in [0.5, 0.6) is 5.75 Å². The summed E-state index contributed by atoms with van der Waals surface area (Å²) in [6.45, 7) is 1.51. The van der Waals surface area contributed by atoms with E-state index in [1.165, 1.54) is 0 Å². The number of benzene rings is 1. The van der Waals surface area contributed by atoms with Gasteiger partial charge in [-0.25, -0.2) is 9.97 Å². The maximum atomic E-state index is 5.87. The number of aromatic nitrogens is 4. The number of nitrogens with zero attached hydrogens (tertiary/aromatic N) is 5. The van der Waals surface area contributed by atoms with Crippen molar-refractivity contribution in [3.63, 3.8) is 0 Å². The fourth-order valence-corrected chi connectivity index (χ4v) is 2.99. The van der Waals surface area contributed by atoms with E-state index in [0.29, 0.717) is 12.4 Å². The number of ether oxygens (including phenoxy) is 1. The molecular formula is C24H23N5O. The number of pyridine rings is 2. The first-order chi connectivity index (χ1) is 14.7.